The SMILES string of the molecule is CCOC1CC(CC(=O)Nc2cnc(Cl)cn2)C1. The molecule has 1 aliphatic rings. The molecule has 0 aliphatic heterocycles. The number of hydrogen-bond acceptors (Lipinski definition) is 4. The van der Waals surface area contributed by atoms with Crippen LogP contribution in [0.2, 0.25) is 5.15 Å². The number of anilines is 1. The number of carbonyl (C=O) groups excluding carboxylic acids is 1. The molecule has 98 valence electrons. The van der Waals surface area contributed by atoms with Crippen LogP contribution in [-0.2, 0) is 9.53 Å². The van der Waals surface area contributed by atoms with E-state index in [9.17, 15) is 4.79 Å². The monoisotopic (exact) mass is 269 g/mol. The van der Waals surface area contributed by atoms with Gasteiger partial charge in [0.15, 0.2) is 5.82 Å². The molecular formula is C12H16ClN3O2. The van der Waals surface area contributed by atoms with Gasteiger partial charge in [-0.2, -0.15) is 0 Å². The Morgan fingerprint density at radius 1 is 1.50 bits per heavy atom. The number of ether oxygens (including phenoxy) is 1. The third-order valence-corrected chi connectivity index (χ3v) is 3.15. The number of hydrogen-bond donors (Lipinski definition) is 1. The summed E-state index contributed by atoms with van der Waals surface area (Å²) in [5.74, 6) is 0.818. The second-order valence-corrected chi connectivity index (χ2v) is 4.78. The summed E-state index contributed by atoms with van der Waals surface area (Å²) in [6, 6.07) is 0. The molecule has 1 aromatic heterocycles. The lowest BCUT2D eigenvalue weighted by Gasteiger charge is -2.34. The molecule has 18 heavy (non-hydrogen) atoms. The Morgan fingerprint density at radius 3 is 2.89 bits per heavy atom. The van der Waals surface area contributed by atoms with Crippen LogP contribution in [0, 0.1) is 5.92 Å². The summed E-state index contributed by atoms with van der Waals surface area (Å²) < 4.78 is 5.45. The number of amides is 1. The molecule has 5 nitrogen and oxygen atoms in total. The fourth-order valence-corrected chi connectivity index (χ4v) is 2.14. The van der Waals surface area contributed by atoms with E-state index in [1.807, 2.05) is 6.92 Å². The molecule has 0 bridgehead atoms. The van der Waals surface area contributed by atoms with E-state index in [1.54, 1.807) is 0 Å². The molecule has 0 unspecified atom stereocenters. The van der Waals surface area contributed by atoms with Gasteiger partial charge in [-0.05, 0) is 25.7 Å². The first-order chi connectivity index (χ1) is 8.67. The van der Waals surface area contributed by atoms with Crippen molar-refractivity contribution in [2.45, 2.75) is 32.3 Å². The molecule has 1 amide bonds. The summed E-state index contributed by atoms with van der Waals surface area (Å²) >= 11 is 5.61. The van der Waals surface area contributed by atoms with Crippen LogP contribution in [-0.4, -0.2) is 28.6 Å². The van der Waals surface area contributed by atoms with Crippen molar-refractivity contribution in [3.63, 3.8) is 0 Å². The van der Waals surface area contributed by atoms with Gasteiger partial charge in [0.25, 0.3) is 0 Å². The molecule has 1 heterocycles. The van der Waals surface area contributed by atoms with Gasteiger partial charge >= 0.3 is 0 Å². The molecule has 6 heteroatoms. The lowest BCUT2D eigenvalue weighted by Crippen LogP contribution is -2.34. The van der Waals surface area contributed by atoms with Crippen molar-refractivity contribution < 1.29 is 9.53 Å². The van der Waals surface area contributed by atoms with Gasteiger partial charge in [0.1, 0.15) is 5.15 Å². The first-order valence-electron chi connectivity index (χ1n) is 6.06. The average molecular weight is 270 g/mol. The highest BCUT2D eigenvalue weighted by molar-refractivity contribution is 6.29. The van der Waals surface area contributed by atoms with Crippen molar-refractivity contribution in [1.29, 1.82) is 0 Å². The number of nitrogens with one attached hydrogen (secondary N) is 1. The third kappa shape index (κ3) is 3.65. The normalized spacial score (nSPS) is 22.3. The summed E-state index contributed by atoms with van der Waals surface area (Å²) in [6.45, 7) is 2.73. The summed E-state index contributed by atoms with van der Waals surface area (Å²) in [5, 5.41) is 3.01. The minimum absolute atomic E-state index is 0.0356. The second kappa shape index (κ2) is 6.11. The van der Waals surface area contributed by atoms with Gasteiger partial charge in [0, 0.05) is 13.0 Å². The first-order valence-corrected chi connectivity index (χ1v) is 6.44. The van der Waals surface area contributed by atoms with Crippen molar-refractivity contribution in [3.05, 3.63) is 17.5 Å². The number of halogens is 1. The highest BCUT2D eigenvalue weighted by atomic mass is 35.5. The Kier molecular flexibility index (Phi) is 4.49. The standard InChI is InChI=1S/C12H16ClN3O2/c1-2-18-9-3-8(4-9)5-12(17)16-11-7-14-10(13)6-15-11/h6-9H,2-5H2,1H3,(H,15,16,17). The van der Waals surface area contributed by atoms with Gasteiger partial charge in [0.05, 0.1) is 18.5 Å². The number of aromatic nitrogens is 2. The van der Waals surface area contributed by atoms with Crippen LogP contribution in [0.1, 0.15) is 26.2 Å². The average Bonchev–Trinajstić information content (AvgIpc) is 2.29. The second-order valence-electron chi connectivity index (χ2n) is 4.39. The predicted octanol–water partition coefficient (Wildman–Crippen LogP) is 2.27. The largest absolute Gasteiger partial charge is 0.378 e. The smallest absolute Gasteiger partial charge is 0.225 e. The van der Waals surface area contributed by atoms with Gasteiger partial charge in [-0.25, -0.2) is 9.97 Å². The Balaban J connectivity index is 1.72. The summed E-state index contributed by atoms with van der Waals surface area (Å²) in [7, 11) is 0. The van der Waals surface area contributed by atoms with Crippen LogP contribution >= 0.6 is 11.6 Å². The summed E-state index contributed by atoms with van der Waals surface area (Å²) in [5.41, 5.74) is 0. The quantitative estimate of drug-likeness (QED) is 0.891. The minimum atomic E-state index is -0.0356. The summed E-state index contributed by atoms with van der Waals surface area (Å²) in [4.78, 5) is 19.5. The van der Waals surface area contributed by atoms with E-state index in [0.29, 0.717) is 29.4 Å². The molecule has 0 aromatic carbocycles. The van der Waals surface area contributed by atoms with Crippen LogP contribution in [0.4, 0.5) is 5.82 Å². The Labute approximate surface area is 111 Å². The van der Waals surface area contributed by atoms with Crippen LogP contribution in [0.5, 0.6) is 0 Å². The van der Waals surface area contributed by atoms with Crippen molar-refractivity contribution in [2.75, 3.05) is 11.9 Å². The molecule has 0 atom stereocenters. The number of carbonyl (C=O) groups is 1. The zero-order valence-electron chi connectivity index (χ0n) is 10.2. The van der Waals surface area contributed by atoms with Gasteiger partial charge in [-0.15, -0.1) is 0 Å². The maximum absolute atomic E-state index is 11.7. The number of nitrogens with zero attached hydrogens (tertiary/aromatic N) is 2. The van der Waals surface area contributed by atoms with E-state index >= 15 is 0 Å². The van der Waals surface area contributed by atoms with Gasteiger partial charge in [0.2, 0.25) is 5.91 Å². The molecule has 2 rings (SSSR count). The number of rotatable bonds is 5. The Morgan fingerprint density at radius 2 is 2.28 bits per heavy atom. The third-order valence-electron chi connectivity index (χ3n) is 2.96. The van der Waals surface area contributed by atoms with Crippen molar-refractivity contribution >= 4 is 23.3 Å². The van der Waals surface area contributed by atoms with Crippen molar-refractivity contribution in [2.24, 2.45) is 5.92 Å². The van der Waals surface area contributed by atoms with E-state index in [2.05, 4.69) is 15.3 Å². The van der Waals surface area contributed by atoms with Crippen LogP contribution in [0.25, 0.3) is 0 Å². The zero-order valence-corrected chi connectivity index (χ0v) is 11.0. The molecule has 1 saturated carbocycles. The van der Waals surface area contributed by atoms with Crippen LogP contribution < -0.4 is 5.32 Å². The lowest BCUT2D eigenvalue weighted by atomic mass is 9.80. The van der Waals surface area contributed by atoms with E-state index < -0.39 is 0 Å². The van der Waals surface area contributed by atoms with Crippen molar-refractivity contribution in [3.8, 4) is 0 Å². The maximum Gasteiger partial charge on any atom is 0.225 e. The minimum Gasteiger partial charge on any atom is -0.378 e. The van der Waals surface area contributed by atoms with E-state index in [0.717, 1.165) is 19.4 Å². The highest BCUT2D eigenvalue weighted by Crippen LogP contribution is 2.32. The fourth-order valence-electron chi connectivity index (χ4n) is 2.05. The van der Waals surface area contributed by atoms with Crippen molar-refractivity contribution in [1.82, 2.24) is 9.97 Å². The fraction of sp³-hybridized carbons (Fsp3) is 0.583. The first kappa shape index (κ1) is 13.2. The topological polar surface area (TPSA) is 64.1 Å². The van der Waals surface area contributed by atoms with Crippen LogP contribution in [0.3, 0.4) is 0 Å². The lowest BCUT2D eigenvalue weighted by molar-refractivity contribution is -0.119. The Hall–Kier alpha value is -1.20. The molecule has 1 aromatic rings. The summed E-state index contributed by atoms with van der Waals surface area (Å²) in [6.07, 6.45) is 5.63. The van der Waals surface area contributed by atoms with Gasteiger partial charge in [-0.1, -0.05) is 11.6 Å². The van der Waals surface area contributed by atoms with E-state index in [-0.39, 0.29) is 5.91 Å². The predicted molar refractivity (Wildman–Crippen MR) is 68.4 cm³/mol. The zero-order chi connectivity index (χ0) is 13.0. The molecule has 1 aliphatic carbocycles. The highest BCUT2D eigenvalue weighted by Gasteiger charge is 2.31. The molecule has 0 spiro atoms. The van der Waals surface area contributed by atoms with E-state index in [4.69, 9.17) is 16.3 Å². The van der Waals surface area contributed by atoms with E-state index in [1.165, 1.54) is 12.4 Å². The maximum atomic E-state index is 11.7. The van der Waals surface area contributed by atoms with Gasteiger partial charge in [-0.3, -0.25) is 4.79 Å². The molecule has 1 fully saturated rings. The molecule has 1 N–H and O–H groups in total. The molecular weight excluding hydrogens is 254 g/mol. The van der Waals surface area contributed by atoms with Crippen LogP contribution in [0.15, 0.2) is 12.4 Å². The molecule has 0 saturated heterocycles. The molecule has 0 radical (unpaired) electrons. The van der Waals surface area contributed by atoms with Gasteiger partial charge < -0.3 is 10.1 Å². The Bertz CT molecular complexity index is 404.